The van der Waals surface area contributed by atoms with Gasteiger partial charge in [0.15, 0.2) is 0 Å². The van der Waals surface area contributed by atoms with Crippen molar-refractivity contribution in [2.75, 3.05) is 6.61 Å². The van der Waals surface area contributed by atoms with Crippen LogP contribution in [0.2, 0.25) is 0 Å². The Hall–Kier alpha value is -0.0400. The van der Waals surface area contributed by atoms with Crippen molar-refractivity contribution in [1.29, 1.82) is 0 Å². The second kappa shape index (κ2) is 12.0. The summed E-state index contributed by atoms with van der Waals surface area (Å²) in [5, 5.41) is 0. The smallest absolute Gasteiger partial charge is 0.0547 e. The molecule has 0 saturated carbocycles. The summed E-state index contributed by atoms with van der Waals surface area (Å²) in [6.45, 7) is 7.69. The van der Waals surface area contributed by atoms with Crippen LogP contribution in [-0.4, -0.2) is 12.7 Å². The summed E-state index contributed by atoms with van der Waals surface area (Å²) in [6, 6.07) is 0. The Kier molecular flexibility index (Phi) is 12.0. The monoisotopic (exact) mass is 214 g/mol. The molecule has 0 radical (unpaired) electrons. The lowest BCUT2D eigenvalue weighted by Gasteiger charge is -2.12. The normalized spacial score (nSPS) is 13.0. The first-order valence-corrected chi connectivity index (χ1v) is 6.92. The van der Waals surface area contributed by atoms with Gasteiger partial charge in [0.25, 0.3) is 0 Å². The summed E-state index contributed by atoms with van der Waals surface area (Å²) in [6.07, 6.45) is 12.4. The van der Waals surface area contributed by atoms with Crippen LogP contribution < -0.4 is 0 Å². The van der Waals surface area contributed by atoms with Gasteiger partial charge in [-0.1, -0.05) is 58.8 Å². The molecular formula is C14H30O. The minimum Gasteiger partial charge on any atom is -0.379 e. The molecule has 0 spiro atoms. The summed E-state index contributed by atoms with van der Waals surface area (Å²) < 4.78 is 5.77. The van der Waals surface area contributed by atoms with E-state index >= 15 is 0 Å². The summed E-state index contributed by atoms with van der Waals surface area (Å²) in [4.78, 5) is 0. The summed E-state index contributed by atoms with van der Waals surface area (Å²) in [5.41, 5.74) is 0. The van der Waals surface area contributed by atoms with Crippen molar-refractivity contribution in [3.05, 3.63) is 0 Å². The molecule has 0 aromatic heterocycles. The van der Waals surface area contributed by atoms with Gasteiger partial charge in [-0.15, -0.1) is 0 Å². The highest BCUT2D eigenvalue weighted by Crippen LogP contribution is 2.08. The SMILES string of the molecule is CCCCCCO[C@H](C)CCCCCC. The summed E-state index contributed by atoms with van der Waals surface area (Å²) in [7, 11) is 0. The third-order valence-corrected chi connectivity index (χ3v) is 2.86. The van der Waals surface area contributed by atoms with Crippen molar-refractivity contribution < 1.29 is 4.74 Å². The summed E-state index contributed by atoms with van der Waals surface area (Å²) in [5.74, 6) is 0. The van der Waals surface area contributed by atoms with E-state index in [0.717, 1.165) is 6.61 Å². The van der Waals surface area contributed by atoms with E-state index in [-0.39, 0.29) is 0 Å². The van der Waals surface area contributed by atoms with Gasteiger partial charge in [0.1, 0.15) is 0 Å². The van der Waals surface area contributed by atoms with Crippen molar-refractivity contribution in [3.63, 3.8) is 0 Å². The molecule has 0 unspecified atom stereocenters. The number of unbranched alkanes of at least 4 members (excludes halogenated alkanes) is 6. The van der Waals surface area contributed by atoms with Crippen LogP contribution in [0.4, 0.5) is 0 Å². The molecule has 0 aliphatic carbocycles. The Morgan fingerprint density at radius 1 is 0.800 bits per heavy atom. The first kappa shape index (κ1) is 15.0. The fraction of sp³-hybridized carbons (Fsp3) is 1.00. The molecule has 0 aromatic carbocycles. The van der Waals surface area contributed by atoms with Crippen molar-refractivity contribution >= 4 is 0 Å². The van der Waals surface area contributed by atoms with E-state index in [0.29, 0.717) is 6.10 Å². The van der Waals surface area contributed by atoms with Gasteiger partial charge in [0, 0.05) is 6.61 Å². The molecule has 0 bridgehead atoms. The molecule has 0 heterocycles. The quantitative estimate of drug-likeness (QED) is 0.442. The first-order valence-electron chi connectivity index (χ1n) is 6.92. The third-order valence-electron chi connectivity index (χ3n) is 2.86. The Morgan fingerprint density at radius 2 is 1.40 bits per heavy atom. The maximum Gasteiger partial charge on any atom is 0.0547 e. The van der Waals surface area contributed by atoms with E-state index in [1.54, 1.807) is 0 Å². The molecule has 0 rings (SSSR count). The van der Waals surface area contributed by atoms with Crippen molar-refractivity contribution in [2.24, 2.45) is 0 Å². The Labute approximate surface area is 96.6 Å². The van der Waals surface area contributed by atoms with Crippen LogP contribution in [0.3, 0.4) is 0 Å². The van der Waals surface area contributed by atoms with Gasteiger partial charge in [0.05, 0.1) is 6.10 Å². The lowest BCUT2D eigenvalue weighted by Crippen LogP contribution is -2.09. The molecule has 0 amide bonds. The van der Waals surface area contributed by atoms with E-state index in [9.17, 15) is 0 Å². The molecule has 0 saturated heterocycles. The number of ether oxygens (including phenoxy) is 1. The third kappa shape index (κ3) is 11.9. The predicted molar refractivity (Wildman–Crippen MR) is 68.3 cm³/mol. The van der Waals surface area contributed by atoms with Crippen LogP contribution in [0.25, 0.3) is 0 Å². The van der Waals surface area contributed by atoms with Gasteiger partial charge in [-0.3, -0.25) is 0 Å². The van der Waals surface area contributed by atoms with Crippen molar-refractivity contribution in [1.82, 2.24) is 0 Å². The van der Waals surface area contributed by atoms with Gasteiger partial charge in [-0.25, -0.2) is 0 Å². The Morgan fingerprint density at radius 3 is 2.00 bits per heavy atom. The van der Waals surface area contributed by atoms with E-state index in [1.807, 2.05) is 0 Å². The van der Waals surface area contributed by atoms with Crippen LogP contribution in [0.15, 0.2) is 0 Å². The lowest BCUT2D eigenvalue weighted by atomic mass is 10.1. The van der Waals surface area contributed by atoms with E-state index in [1.165, 1.54) is 57.8 Å². The van der Waals surface area contributed by atoms with Gasteiger partial charge in [-0.05, 0) is 19.8 Å². The average molecular weight is 214 g/mol. The van der Waals surface area contributed by atoms with Gasteiger partial charge in [-0.2, -0.15) is 0 Å². The highest BCUT2D eigenvalue weighted by Gasteiger charge is 2.01. The maximum atomic E-state index is 5.77. The van der Waals surface area contributed by atoms with E-state index < -0.39 is 0 Å². The standard InChI is InChI=1S/C14H30O/c1-4-6-8-10-12-14(3)15-13-11-9-7-5-2/h14H,4-13H2,1-3H3/t14-/m1/s1. The van der Waals surface area contributed by atoms with Crippen molar-refractivity contribution in [3.8, 4) is 0 Å². The molecule has 0 N–H and O–H groups in total. The van der Waals surface area contributed by atoms with Gasteiger partial charge in [0.2, 0.25) is 0 Å². The first-order chi connectivity index (χ1) is 7.31. The van der Waals surface area contributed by atoms with E-state index in [2.05, 4.69) is 20.8 Å². The molecule has 1 atom stereocenters. The average Bonchev–Trinajstić information content (AvgIpc) is 2.24. The fourth-order valence-electron chi connectivity index (χ4n) is 1.76. The molecule has 92 valence electrons. The molecule has 0 aliphatic rings. The topological polar surface area (TPSA) is 9.23 Å². The molecule has 0 fully saturated rings. The number of hydrogen-bond donors (Lipinski definition) is 0. The Balaban J connectivity index is 3.08. The molecule has 1 nitrogen and oxygen atoms in total. The molecule has 15 heavy (non-hydrogen) atoms. The largest absolute Gasteiger partial charge is 0.379 e. The van der Waals surface area contributed by atoms with Crippen LogP contribution in [0.5, 0.6) is 0 Å². The second-order valence-corrected chi connectivity index (χ2v) is 4.59. The minimum atomic E-state index is 0.475. The van der Waals surface area contributed by atoms with Crippen molar-refractivity contribution in [2.45, 2.75) is 84.7 Å². The highest BCUT2D eigenvalue weighted by atomic mass is 16.5. The highest BCUT2D eigenvalue weighted by molar-refractivity contribution is 4.52. The molecule has 0 aromatic rings. The lowest BCUT2D eigenvalue weighted by molar-refractivity contribution is 0.0558. The zero-order chi connectivity index (χ0) is 11.4. The zero-order valence-corrected chi connectivity index (χ0v) is 11.1. The van der Waals surface area contributed by atoms with E-state index in [4.69, 9.17) is 4.74 Å². The summed E-state index contributed by atoms with van der Waals surface area (Å²) >= 11 is 0. The molecular weight excluding hydrogens is 184 g/mol. The maximum absolute atomic E-state index is 5.77. The van der Waals surface area contributed by atoms with Crippen LogP contribution in [-0.2, 0) is 4.74 Å². The molecule has 1 heteroatoms. The molecule has 0 aliphatic heterocycles. The minimum absolute atomic E-state index is 0.475. The Bertz CT molecular complexity index is 112. The number of rotatable bonds is 11. The predicted octanol–water partition coefficient (Wildman–Crippen LogP) is 4.94. The number of hydrogen-bond acceptors (Lipinski definition) is 1. The fourth-order valence-corrected chi connectivity index (χ4v) is 1.76. The van der Waals surface area contributed by atoms with Crippen LogP contribution in [0, 0.1) is 0 Å². The van der Waals surface area contributed by atoms with Gasteiger partial charge >= 0.3 is 0 Å². The van der Waals surface area contributed by atoms with Crippen LogP contribution in [0.1, 0.15) is 78.6 Å². The van der Waals surface area contributed by atoms with Gasteiger partial charge < -0.3 is 4.74 Å². The second-order valence-electron chi connectivity index (χ2n) is 4.59. The zero-order valence-electron chi connectivity index (χ0n) is 11.1. The van der Waals surface area contributed by atoms with Crippen LogP contribution >= 0.6 is 0 Å².